The van der Waals surface area contributed by atoms with Gasteiger partial charge < -0.3 is 14.8 Å². The topological polar surface area (TPSA) is 30.5 Å². The number of benzene rings is 1. The van der Waals surface area contributed by atoms with Crippen molar-refractivity contribution in [2.45, 2.75) is 38.8 Å². The summed E-state index contributed by atoms with van der Waals surface area (Å²) in [6.45, 7) is 7.16. The lowest BCUT2D eigenvalue weighted by atomic mass is 9.98. The first-order valence-corrected chi connectivity index (χ1v) is 7.33. The molecule has 1 fully saturated rings. The Morgan fingerprint density at radius 3 is 2.95 bits per heavy atom. The Morgan fingerprint density at radius 1 is 1.26 bits per heavy atom. The van der Waals surface area contributed by atoms with Crippen LogP contribution in [0.1, 0.15) is 37.4 Å². The molecule has 0 radical (unpaired) electrons. The van der Waals surface area contributed by atoms with E-state index < -0.39 is 0 Å². The van der Waals surface area contributed by atoms with E-state index in [1.165, 1.54) is 17.5 Å². The zero-order valence-corrected chi connectivity index (χ0v) is 11.8. The molecule has 1 aromatic carbocycles. The van der Waals surface area contributed by atoms with E-state index in [2.05, 4.69) is 37.4 Å². The Kier molecular flexibility index (Phi) is 3.76. The van der Waals surface area contributed by atoms with Crippen LogP contribution in [0, 0.1) is 5.92 Å². The largest absolute Gasteiger partial charge is 0.493 e. The Hall–Kier alpha value is -1.06. The molecule has 3 rings (SSSR count). The van der Waals surface area contributed by atoms with Gasteiger partial charge in [-0.05, 0) is 43.4 Å². The lowest BCUT2D eigenvalue weighted by Crippen LogP contribution is -2.35. The van der Waals surface area contributed by atoms with Crippen LogP contribution in [0.25, 0.3) is 0 Å². The molecule has 104 valence electrons. The summed E-state index contributed by atoms with van der Waals surface area (Å²) >= 11 is 0. The number of hydrogen-bond donors (Lipinski definition) is 1. The number of hydrogen-bond acceptors (Lipinski definition) is 3. The van der Waals surface area contributed by atoms with Crippen molar-refractivity contribution in [2.75, 3.05) is 19.8 Å². The SMILES string of the molecule is CC(NC(C)C1CCOC1)c1ccc2c(c1)CCO2. The first kappa shape index (κ1) is 12.9. The Labute approximate surface area is 115 Å². The van der Waals surface area contributed by atoms with E-state index in [1.807, 2.05) is 0 Å². The molecule has 2 aliphatic rings. The van der Waals surface area contributed by atoms with Crippen LogP contribution in [0.5, 0.6) is 5.75 Å². The minimum absolute atomic E-state index is 0.376. The zero-order valence-electron chi connectivity index (χ0n) is 11.8. The molecular weight excluding hydrogens is 238 g/mol. The molecule has 1 aromatic rings. The number of rotatable bonds is 4. The van der Waals surface area contributed by atoms with Gasteiger partial charge in [-0.15, -0.1) is 0 Å². The monoisotopic (exact) mass is 261 g/mol. The van der Waals surface area contributed by atoms with Crippen LogP contribution in [-0.2, 0) is 11.2 Å². The first-order valence-electron chi connectivity index (χ1n) is 7.33. The van der Waals surface area contributed by atoms with Crippen molar-refractivity contribution in [2.24, 2.45) is 5.92 Å². The molecular formula is C16H23NO2. The van der Waals surface area contributed by atoms with E-state index in [-0.39, 0.29) is 0 Å². The molecule has 1 N–H and O–H groups in total. The summed E-state index contributed by atoms with van der Waals surface area (Å²) in [4.78, 5) is 0. The van der Waals surface area contributed by atoms with Crippen LogP contribution in [0.4, 0.5) is 0 Å². The van der Waals surface area contributed by atoms with Gasteiger partial charge in [-0.3, -0.25) is 0 Å². The second kappa shape index (κ2) is 5.51. The molecule has 1 saturated heterocycles. The number of ether oxygens (including phenoxy) is 2. The summed E-state index contributed by atoms with van der Waals surface area (Å²) in [6.07, 6.45) is 2.22. The van der Waals surface area contributed by atoms with Gasteiger partial charge in [-0.25, -0.2) is 0 Å². The van der Waals surface area contributed by atoms with Gasteiger partial charge in [-0.1, -0.05) is 12.1 Å². The fourth-order valence-electron chi connectivity index (χ4n) is 3.05. The average molecular weight is 261 g/mol. The molecule has 3 atom stereocenters. The maximum atomic E-state index is 5.56. The highest BCUT2D eigenvalue weighted by Gasteiger charge is 2.24. The molecule has 3 unspecified atom stereocenters. The normalized spacial score (nSPS) is 24.8. The highest BCUT2D eigenvalue weighted by molar-refractivity contribution is 5.40. The summed E-state index contributed by atoms with van der Waals surface area (Å²) in [6, 6.07) is 7.46. The summed E-state index contributed by atoms with van der Waals surface area (Å²) in [5.74, 6) is 1.72. The summed E-state index contributed by atoms with van der Waals surface area (Å²) in [5, 5.41) is 3.71. The molecule has 2 heterocycles. The van der Waals surface area contributed by atoms with Crippen LogP contribution in [-0.4, -0.2) is 25.9 Å². The van der Waals surface area contributed by atoms with Crippen LogP contribution in [0.3, 0.4) is 0 Å². The van der Waals surface area contributed by atoms with Crippen LogP contribution in [0.2, 0.25) is 0 Å². The maximum Gasteiger partial charge on any atom is 0.122 e. The van der Waals surface area contributed by atoms with Gasteiger partial charge in [0.05, 0.1) is 13.2 Å². The third-order valence-electron chi connectivity index (χ3n) is 4.40. The molecule has 0 saturated carbocycles. The van der Waals surface area contributed by atoms with Gasteiger partial charge in [-0.2, -0.15) is 0 Å². The summed E-state index contributed by atoms with van der Waals surface area (Å²) in [7, 11) is 0. The van der Waals surface area contributed by atoms with Crippen LogP contribution < -0.4 is 10.1 Å². The van der Waals surface area contributed by atoms with Crippen molar-refractivity contribution >= 4 is 0 Å². The molecule has 3 nitrogen and oxygen atoms in total. The quantitative estimate of drug-likeness (QED) is 0.904. The van der Waals surface area contributed by atoms with E-state index in [4.69, 9.17) is 9.47 Å². The van der Waals surface area contributed by atoms with E-state index in [1.54, 1.807) is 0 Å². The highest BCUT2D eigenvalue weighted by Crippen LogP contribution is 2.28. The Bertz CT molecular complexity index is 440. The summed E-state index contributed by atoms with van der Waals surface area (Å²) < 4.78 is 11.0. The third kappa shape index (κ3) is 2.77. The van der Waals surface area contributed by atoms with Gasteiger partial charge in [0, 0.05) is 25.1 Å². The first-order chi connectivity index (χ1) is 9.24. The molecule has 0 bridgehead atoms. The van der Waals surface area contributed by atoms with Crippen molar-refractivity contribution in [1.29, 1.82) is 0 Å². The molecule has 0 aliphatic carbocycles. The maximum absolute atomic E-state index is 5.56. The molecule has 0 aromatic heterocycles. The van der Waals surface area contributed by atoms with Gasteiger partial charge in [0.2, 0.25) is 0 Å². The molecule has 3 heteroatoms. The van der Waals surface area contributed by atoms with E-state index >= 15 is 0 Å². The Balaban J connectivity index is 1.64. The van der Waals surface area contributed by atoms with E-state index in [0.717, 1.165) is 32.0 Å². The Morgan fingerprint density at radius 2 is 2.16 bits per heavy atom. The van der Waals surface area contributed by atoms with E-state index in [0.29, 0.717) is 18.0 Å². The fraction of sp³-hybridized carbons (Fsp3) is 0.625. The van der Waals surface area contributed by atoms with Gasteiger partial charge >= 0.3 is 0 Å². The fourth-order valence-corrected chi connectivity index (χ4v) is 3.05. The minimum atomic E-state index is 0.376. The van der Waals surface area contributed by atoms with Crippen molar-refractivity contribution in [1.82, 2.24) is 5.32 Å². The minimum Gasteiger partial charge on any atom is -0.493 e. The van der Waals surface area contributed by atoms with Gasteiger partial charge in [0.25, 0.3) is 0 Å². The smallest absolute Gasteiger partial charge is 0.122 e. The van der Waals surface area contributed by atoms with Crippen LogP contribution in [0.15, 0.2) is 18.2 Å². The summed E-state index contributed by atoms with van der Waals surface area (Å²) in [5.41, 5.74) is 2.71. The average Bonchev–Trinajstić information content (AvgIpc) is 3.09. The van der Waals surface area contributed by atoms with Crippen molar-refractivity contribution in [3.63, 3.8) is 0 Å². The molecule has 19 heavy (non-hydrogen) atoms. The van der Waals surface area contributed by atoms with Crippen molar-refractivity contribution < 1.29 is 9.47 Å². The molecule has 0 amide bonds. The molecule has 2 aliphatic heterocycles. The lowest BCUT2D eigenvalue weighted by Gasteiger charge is -2.24. The predicted octanol–water partition coefficient (Wildman–Crippen LogP) is 2.70. The van der Waals surface area contributed by atoms with Gasteiger partial charge in [0.15, 0.2) is 0 Å². The molecule has 0 spiro atoms. The lowest BCUT2D eigenvalue weighted by molar-refractivity contribution is 0.177. The van der Waals surface area contributed by atoms with Crippen molar-refractivity contribution in [3.8, 4) is 5.75 Å². The van der Waals surface area contributed by atoms with Crippen molar-refractivity contribution in [3.05, 3.63) is 29.3 Å². The van der Waals surface area contributed by atoms with Gasteiger partial charge in [0.1, 0.15) is 5.75 Å². The number of fused-ring (bicyclic) bond motifs is 1. The second-order valence-corrected chi connectivity index (χ2v) is 5.77. The second-order valence-electron chi connectivity index (χ2n) is 5.77. The standard InChI is InChI=1S/C16H23NO2/c1-11(17-12(2)15-5-7-18-10-15)13-3-4-16-14(9-13)6-8-19-16/h3-4,9,11-12,15,17H,5-8,10H2,1-2H3. The highest BCUT2D eigenvalue weighted by atomic mass is 16.5. The van der Waals surface area contributed by atoms with E-state index in [9.17, 15) is 0 Å². The van der Waals surface area contributed by atoms with Crippen LogP contribution >= 0.6 is 0 Å². The number of nitrogens with one attached hydrogen (secondary N) is 1. The third-order valence-corrected chi connectivity index (χ3v) is 4.40. The predicted molar refractivity (Wildman–Crippen MR) is 75.6 cm³/mol. The zero-order chi connectivity index (χ0) is 13.2.